The Bertz CT molecular complexity index is 1430. The van der Waals surface area contributed by atoms with Crippen molar-refractivity contribution >= 4 is 28.6 Å². The van der Waals surface area contributed by atoms with Crippen molar-refractivity contribution in [2.75, 3.05) is 12.4 Å². The smallest absolute Gasteiger partial charge is 0.179 e. The Labute approximate surface area is 197 Å². The van der Waals surface area contributed by atoms with Gasteiger partial charge in [0, 0.05) is 29.8 Å². The van der Waals surface area contributed by atoms with E-state index in [-0.39, 0.29) is 5.78 Å². The summed E-state index contributed by atoms with van der Waals surface area (Å²) in [6.45, 7) is 0. The third-order valence-corrected chi connectivity index (χ3v) is 6.94. The highest BCUT2D eigenvalue weighted by Gasteiger charge is 2.36. The fourth-order valence-electron chi connectivity index (χ4n) is 4.97. The molecule has 1 N–H and O–H groups in total. The summed E-state index contributed by atoms with van der Waals surface area (Å²) in [6, 6.07) is 17.9. The first-order chi connectivity index (χ1) is 16.7. The number of fused-ring (bicyclic) bond motifs is 4. The molecule has 2 aromatic heterocycles. The monoisotopic (exact) mass is 448 g/mol. The van der Waals surface area contributed by atoms with Crippen LogP contribution in [0.5, 0.6) is 5.75 Å². The van der Waals surface area contributed by atoms with Crippen LogP contribution in [0.3, 0.4) is 0 Å². The highest BCUT2D eigenvalue weighted by Crippen LogP contribution is 2.47. The van der Waals surface area contributed by atoms with E-state index < -0.39 is 0 Å². The first-order valence-corrected chi connectivity index (χ1v) is 11.6. The second kappa shape index (κ2) is 8.37. The molecule has 6 nitrogen and oxygen atoms in total. The SMILES string of the molecule is COc1ccc2nc(-c3cccnc3)nc(N/C3=C/c4ccccc4C4CCC4CC3=O)c2c1. The van der Waals surface area contributed by atoms with Crippen molar-refractivity contribution in [3.8, 4) is 17.1 Å². The van der Waals surface area contributed by atoms with Crippen LogP contribution in [0.25, 0.3) is 28.4 Å². The van der Waals surface area contributed by atoms with Gasteiger partial charge >= 0.3 is 0 Å². The van der Waals surface area contributed by atoms with Gasteiger partial charge < -0.3 is 10.1 Å². The van der Waals surface area contributed by atoms with E-state index in [2.05, 4.69) is 28.5 Å². The van der Waals surface area contributed by atoms with Crippen LogP contribution in [0.1, 0.15) is 36.3 Å². The Hall–Kier alpha value is -4.06. The summed E-state index contributed by atoms with van der Waals surface area (Å²) in [7, 11) is 1.63. The quantitative estimate of drug-likeness (QED) is 0.437. The number of carbonyl (C=O) groups excluding carboxylic acids is 1. The van der Waals surface area contributed by atoms with Gasteiger partial charge in [-0.3, -0.25) is 9.78 Å². The molecule has 2 aliphatic carbocycles. The zero-order valence-corrected chi connectivity index (χ0v) is 18.9. The number of allylic oxidation sites excluding steroid dienone is 1. The molecule has 0 spiro atoms. The van der Waals surface area contributed by atoms with Crippen LogP contribution in [0.4, 0.5) is 5.82 Å². The fourth-order valence-corrected chi connectivity index (χ4v) is 4.97. The molecule has 2 unspecified atom stereocenters. The highest BCUT2D eigenvalue weighted by atomic mass is 16.5. The van der Waals surface area contributed by atoms with Crippen LogP contribution in [-0.4, -0.2) is 27.8 Å². The number of rotatable bonds is 4. The van der Waals surface area contributed by atoms with Crippen molar-refractivity contribution in [3.05, 3.63) is 83.8 Å². The number of benzene rings is 2. The molecule has 0 amide bonds. The van der Waals surface area contributed by atoms with Gasteiger partial charge in [-0.15, -0.1) is 0 Å². The summed E-state index contributed by atoms with van der Waals surface area (Å²) in [5.41, 5.74) is 4.55. The molecule has 4 aromatic rings. The summed E-state index contributed by atoms with van der Waals surface area (Å²) in [5.74, 6) is 2.81. The lowest BCUT2D eigenvalue weighted by Crippen LogP contribution is -2.30. The third kappa shape index (κ3) is 3.61. The van der Waals surface area contributed by atoms with E-state index in [4.69, 9.17) is 14.7 Å². The summed E-state index contributed by atoms with van der Waals surface area (Å²) >= 11 is 0. The maximum Gasteiger partial charge on any atom is 0.179 e. The van der Waals surface area contributed by atoms with Crippen molar-refractivity contribution in [1.29, 1.82) is 0 Å². The molecular formula is C28H24N4O2. The number of aromatic nitrogens is 3. The van der Waals surface area contributed by atoms with Crippen molar-refractivity contribution < 1.29 is 9.53 Å². The van der Waals surface area contributed by atoms with Crippen LogP contribution in [0, 0.1) is 5.92 Å². The van der Waals surface area contributed by atoms with Gasteiger partial charge in [0.05, 0.1) is 18.3 Å². The summed E-state index contributed by atoms with van der Waals surface area (Å²) in [5, 5.41) is 4.18. The second-order valence-electron chi connectivity index (χ2n) is 8.90. The number of ether oxygens (including phenoxy) is 1. The number of hydrogen-bond donors (Lipinski definition) is 1. The molecule has 0 aliphatic heterocycles. The molecule has 6 heteroatoms. The Morgan fingerprint density at radius 2 is 1.94 bits per heavy atom. The maximum absolute atomic E-state index is 13.4. The number of ketones is 1. The summed E-state index contributed by atoms with van der Waals surface area (Å²) in [4.78, 5) is 27.2. The van der Waals surface area contributed by atoms with E-state index in [9.17, 15) is 4.79 Å². The van der Waals surface area contributed by atoms with Crippen LogP contribution in [-0.2, 0) is 4.79 Å². The molecular weight excluding hydrogens is 424 g/mol. The Morgan fingerprint density at radius 3 is 2.74 bits per heavy atom. The van der Waals surface area contributed by atoms with E-state index in [0.29, 0.717) is 41.3 Å². The van der Waals surface area contributed by atoms with Gasteiger partial charge in [0.1, 0.15) is 11.6 Å². The number of Topliss-reactive ketones (excluding diaryl/α,β-unsaturated/α-hetero) is 1. The number of carbonyl (C=O) groups is 1. The van der Waals surface area contributed by atoms with Crippen LogP contribution in [0.15, 0.2) is 72.7 Å². The molecule has 0 bridgehead atoms. The predicted molar refractivity (Wildman–Crippen MR) is 132 cm³/mol. The predicted octanol–water partition coefficient (Wildman–Crippen LogP) is 5.62. The van der Waals surface area contributed by atoms with E-state index in [0.717, 1.165) is 34.9 Å². The van der Waals surface area contributed by atoms with Crippen LogP contribution in [0.2, 0.25) is 0 Å². The lowest BCUT2D eigenvalue weighted by atomic mass is 9.66. The maximum atomic E-state index is 13.4. The van der Waals surface area contributed by atoms with Gasteiger partial charge in [0.25, 0.3) is 0 Å². The van der Waals surface area contributed by atoms with E-state index in [1.165, 1.54) is 5.56 Å². The van der Waals surface area contributed by atoms with E-state index >= 15 is 0 Å². The molecule has 168 valence electrons. The van der Waals surface area contributed by atoms with Gasteiger partial charge in [-0.1, -0.05) is 24.3 Å². The molecule has 2 atom stereocenters. The molecule has 0 saturated heterocycles. The van der Waals surface area contributed by atoms with Crippen molar-refractivity contribution in [2.45, 2.75) is 25.2 Å². The fraction of sp³-hybridized carbons (Fsp3) is 0.214. The zero-order chi connectivity index (χ0) is 23.1. The van der Waals surface area contributed by atoms with Crippen LogP contribution < -0.4 is 10.1 Å². The second-order valence-corrected chi connectivity index (χ2v) is 8.90. The minimum absolute atomic E-state index is 0.113. The Kier molecular flexibility index (Phi) is 5.06. The lowest BCUT2D eigenvalue weighted by Gasteiger charge is -2.39. The highest BCUT2D eigenvalue weighted by molar-refractivity contribution is 6.05. The molecule has 2 aliphatic rings. The minimum atomic E-state index is 0.113. The number of nitrogens with zero attached hydrogens (tertiary/aromatic N) is 3. The van der Waals surface area contributed by atoms with Crippen molar-refractivity contribution in [3.63, 3.8) is 0 Å². The summed E-state index contributed by atoms with van der Waals surface area (Å²) < 4.78 is 5.44. The minimum Gasteiger partial charge on any atom is -0.497 e. The third-order valence-electron chi connectivity index (χ3n) is 6.94. The van der Waals surface area contributed by atoms with Gasteiger partial charge in [-0.05, 0) is 72.2 Å². The first-order valence-electron chi connectivity index (χ1n) is 11.6. The normalized spacial score (nSPS) is 20.7. The van der Waals surface area contributed by atoms with E-state index in [1.54, 1.807) is 19.5 Å². The number of anilines is 1. The van der Waals surface area contributed by atoms with E-state index in [1.807, 2.05) is 42.5 Å². The van der Waals surface area contributed by atoms with Crippen molar-refractivity contribution in [1.82, 2.24) is 15.0 Å². The molecule has 6 rings (SSSR count). The Morgan fingerprint density at radius 1 is 1.03 bits per heavy atom. The van der Waals surface area contributed by atoms with Gasteiger partial charge in [-0.25, -0.2) is 9.97 Å². The standard InChI is InChI=1S/C28H24N4O2/c1-34-20-9-11-24-23(15-20)28(32-27(30-24)19-6-4-12-29-16-19)31-25-13-17-5-2-3-7-21(17)22-10-8-18(22)14-26(25)33/h2-7,9,11-13,15-16,18,22H,8,10,14H2,1H3,(H,30,31,32)/b25-13+. The largest absolute Gasteiger partial charge is 0.497 e. The molecule has 2 aromatic carbocycles. The first kappa shape index (κ1) is 20.5. The van der Waals surface area contributed by atoms with Crippen LogP contribution >= 0.6 is 0 Å². The topological polar surface area (TPSA) is 77.0 Å². The van der Waals surface area contributed by atoms with Gasteiger partial charge in [-0.2, -0.15) is 0 Å². The number of pyridine rings is 1. The van der Waals surface area contributed by atoms with Gasteiger partial charge in [0.15, 0.2) is 11.6 Å². The zero-order valence-electron chi connectivity index (χ0n) is 18.9. The Balaban J connectivity index is 1.50. The lowest BCUT2D eigenvalue weighted by molar-refractivity contribution is -0.117. The molecule has 34 heavy (non-hydrogen) atoms. The average molecular weight is 449 g/mol. The average Bonchev–Trinajstić information content (AvgIpc) is 2.86. The summed E-state index contributed by atoms with van der Waals surface area (Å²) in [6.07, 6.45) is 8.22. The molecule has 1 saturated carbocycles. The molecule has 1 fully saturated rings. The molecule has 2 heterocycles. The van der Waals surface area contributed by atoms with Crippen molar-refractivity contribution in [2.24, 2.45) is 5.92 Å². The number of methoxy groups -OCH3 is 1. The van der Waals surface area contributed by atoms with Gasteiger partial charge in [0.2, 0.25) is 0 Å². The molecule has 0 radical (unpaired) electrons. The number of nitrogens with one attached hydrogen (secondary N) is 1. The number of hydrogen-bond acceptors (Lipinski definition) is 6.